The molecule has 0 atom stereocenters. The predicted molar refractivity (Wildman–Crippen MR) is 76.7 cm³/mol. The van der Waals surface area contributed by atoms with E-state index in [1.54, 1.807) is 13.0 Å². The molecule has 5 nitrogen and oxygen atoms in total. The fourth-order valence-corrected chi connectivity index (χ4v) is 2.09. The molecule has 2 aromatic carbocycles. The minimum Gasteiger partial charge on any atom is -0.447 e. The van der Waals surface area contributed by atoms with Crippen LogP contribution < -0.4 is 4.74 Å². The van der Waals surface area contributed by atoms with Gasteiger partial charge < -0.3 is 4.74 Å². The van der Waals surface area contributed by atoms with Crippen LogP contribution >= 0.6 is 15.9 Å². The second-order valence-electron chi connectivity index (χ2n) is 4.18. The number of halogens is 2. The van der Waals surface area contributed by atoms with E-state index in [1.807, 2.05) is 6.07 Å². The van der Waals surface area contributed by atoms with E-state index < -0.39 is 10.7 Å². The summed E-state index contributed by atoms with van der Waals surface area (Å²) in [6.45, 7) is 1.70. The quantitative estimate of drug-likeness (QED) is 0.604. The number of hydrogen-bond acceptors (Lipinski definition) is 4. The van der Waals surface area contributed by atoms with Gasteiger partial charge in [-0.3, -0.25) is 10.1 Å². The number of hydrogen-bond donors (Lipinski definition) is 0. The van der Waals surface area contributed by atoms with E-state index in [1.165, 1.54) is 24.3 Å². The van der Waals surface area contributed by atoms with Crippen molar-refractivity contribution in [2.75, 3.05) is 0 Å². The molecule has 0 unspecified atom stereocenters. The molecule has 0 fully saturated rings. The Balaban J connectivity index is 2.47. The van der Waals surface area contributed by atoms with Gasteiger partial charge in [0, 0.05) is 6.07 Å². The Morgan fingerprint density at radius 1 is 1.33 bits per heavy atom. The van der Waals surface area contributed by atoms with Crippen LogP contribution in [-0.4, -0.2) is 4.92 Å². The van der Waals surface area contributed by atoms with Gasteiger partial charge in [0.1, 0.15) is 6.07 Å². The summed E-state index contributed by atoms with van der Waals surface area (Å²) >= 11 is 2.95. The van der Waals surface area contributed by atoms with Crippen LogP contribution in [0, 0.1) is 34.2 Å². The summed E-state index contributed by atoms with van der Waals surface area (Å²) in [5.41, 5.74) is 0.545. The highest BCUT2D eigenvalue weighted by Gasteiger charge is 2.19. The molecule has 0 aliphatic rings. The molecule has 0 aliphatic carbocycles. The minimum atomic E-state index is -0.788. The molecule has 0 heterocycles. The van der Waals surface area contributed by atoms with Crippen LogP contribution in [0.1, 0.15) is 11.1 Å². The molecule has 0 saturated heterocycles. The van der Waals surface area contributed by atoms with Crippen LogP contribution in [0.3, 0.4) is 0 Å². The van der Waals surface area contributed by atoms with Crippen molar-refractivity contribution >= 4 is 21.6 Å². The van der Waals surface area contributed by atoms with Crippen molar-refractivity contribution in [3.8, 4) is 17.6 Å². The smallest absolute Gasteiger partial charge is 0.311 e. The van der Waals surface area contributed by atoms with E-state index >= 15 is 0 Å². The molecule has 0 radical (unpaired) electrons. The molecule has 0 aliphatic heterocycles. The molecule has 7 heteroatoms. The lowest BCUT2D eigenvalue weighted by molar-refractivity contribution is -0.385. The Hall–Kier alpha value is -2.46. The average molecular weight is 351 g/mol. The van der Waals surface area contributed by atoms with Gasteiger partial charge in [0.2, 0.25) is 5.75 Å². The maximum atomic E-state index is 14.1. The molecule has 0 N–H and O–H groups in total. The highest BCUT2D eigenvalue weighted by atomic mass is 79.9. The topological polar surface area (TPSA) is 76.2 Å². The lowest BCUT2D eigenvalue weighted by Gasteiger charge is -2.09. The van der Waals surface area contributed by atoms with Crippen LogP contribution in [0.25, 0.3) is 0 Å². The number of ether oxygens (including phenoxy) is 1. The van der Waals surface area contributed by atoms with E-state index in [0.717, 1.165) is 0 Å². The zero-order valence-electron chi connectivity index (χ0n) is 10.8. The van der Waals surface area contributed by atoms with Crippen LogP contribution in [0.5, 0.6) is 11.5 Å². The Bertz CT molecular complexity index is 772. The molecular formula is C14H8BrFN2O3. The summed E-state index contributed by atoms with van der Waals surface area (Å²) in [6.07, 6.45) is 0. The zero-order valence-corrected chi connectivity index (χ0v) is 12.3. The van der Waals surface area contributed by atoms with Gasteiger partial charge in [0.15, 0.2) is 11.6 Å². The van der Waals surface area contributed by atoms with Crippen molar-refractivity contribution in [3.05, 3.63) is 61.9 Å². The number of benzene rings is 2. The predicted octanol–water partition coefficient (Wildman–Crippen LogP) is 4.47. The van der Waals surface area contributed by atoms with Gasteiger partial charge in [-0.05, 0) is 46.6 Å². The Morgan fingerprint density at radius 2 is 2.00 bits per heavy atom. The number of nitriles is 1. The fourth-order valence-electron chi connectivity index (χ4n) is 1.67. The Kier molecular flexibility index (Phi) is 4.19. The van der Waals surface area contributed by atoms with Gasteiger partial charge in [0.25, 0.3) is 0 Å². The summed E-state index contributed by atoms with van der Waals surface area (Å²) in [7, 11) is 0. The standard InChI is InChI=1S/C14H8BrFN2O3/c1-8-2-4-11(10(6-8)18(19)20)21-12-5-3-9(7-17)13(15)14(12)16/h2-6H,1H3. The lowest BCUT2D eigenvalue weighted by Crippen LogP contribution is -1.96. The van der Waals surface area contributed by atoms with Crippen LogP contribution in [-0.2, 0) is 0 Å². The van der Waals surface area contributed by atoms with Gasteiger partial charge in [-0.25, -0.2) is 4.39 Å². The van der Waals surface area contributed by atoms with E-state index in [0.29, 0.717) is 5.56 Å². The molecule has 2 rings (SSSR count). The first kappa shape index (κ1) is 14.9. The van der Waals surface area contributed by atoms with Gasteiger partial charge in [0.05, 0.1) is 15.0 Å². The average Bonchev–Trinajstić information content (AvgIpc) is 2.45. The SMILES string of the molecule is Cc1ccc(Oc2ccc(C#N)c(Br)c2F)c([N+](=O)[O-])c1. The summed E-state index contributed by atoms with van der Waals surface area (Å²) in [5, 5.41) is 19.8. The van der Waals surface area contributed by atoms with Crippen molar-refractivity contribution in [1.82, 2.24) is 0 Å². The van der Waals surface area contributed by atoms with E-state index in [4.69, 9.17) is 10.00 Å². The highest BCUT2D eigenvalue weighted by Crippen LogP contribution is 2.35. The first-order valence-corrected chi connectivity index (χ1v) is 6.54. The monoisotopic (exact) mass is 350 g/mol. The molecule has 0 bridgehead atoms. The largest absolute Gasteiger partial charge is 0.447 e. The van der Waals surface area contributed by atoms with Crippen molar-refractivity contribution < 1.29 is 14.1 Å². The van der Waals surface area contributed by atoms with Crippen LogP contribution in [0.2, 0.25) is 0 Å². The van der Waals surface area contributed by atoms with Gasteiger partial charge in [-0.2, -0.15) is 5.26 Å². The Morgan fingerprint density at radius 3 is 2.62 bits per heavy atom. The minimum absolute atomic E-state index is 0.0442. The van der Waals surface area contributed by atoms with Gasteiger partial charge in [-0.15, -0.1) is 0 Å². The van der Waals surface area contributed by atoms with Gasteiger partial charge in [-0.1, -0.05) is 6.07 Å². The van der Waals surface area contributed by atoms with Crippen molar-refractivity contribution in [3.63, 3.8) is 0 Å². The molecule has 0 spiro atoms. The van der Waals surface area contributed by atoms with Crippen LogP contribution in [0.15, 0.2) is 34.8 Å². The zero-order chi connectivity index (χ0) is 15.6. The van der Waals surface area contributed by atoms with E-state index in [9.17, 15) is 14.5 Å². The number of nitrogens with zero attached hydrogens (tertiary/aromatic N) is 2. The van der Waals surface area contributed by atoms with Crippen molar-refractivity contribution in [1.29, 1.82) is 5.26 Å². The van der Waals surface area contributed by atoms with Crippen molar-refractivity contribution in [2.24, 2.45) is 0 Å². The van der Waals surface area contributed by atoms with Gasteiger partial charge >= 0.3 is 5.69 Å². The van der Waals surface area contributed by atoms with E-state index in [-0.39, 0.29) is 27.2 Å². The second-order valence-corrected chi connectivity index (χ2v) is 4.97. The first-order valence-electron chi connectivity index (χ1n) is 5.75. The normalized spacial score (nSPS) is 10.0. The second kappa shape index (κ2) is 5.89. The molecule has 2 aromatic rings. The third-order valence-corrected chi connectivity index (χ3v) is 3.47. The molecular weight excluding hydrogens is 343 g/mol. The lowest BCUT2D eigenvalue weighted by atomic mass is 10.2. The third-order valence-electron chi connectivity index (χ3n) is 2.70. The van der Waals surface area contributed by atoms with Crippen molar-refractivity contribution in [2.45, 2.75) is 6.92 Å². The third kappa shape index (κ3) is 3.01. The number of nitro benzene ring substituents is 1. The molecule has 106 valence electrons. The fraction of sp³-hybridized carbons (Fsp3) is 0.0714. The summed E-state index contributed by atoms with van der Waals surface area (Å²) in [5.74, 6) is -1.06. The number of rotatable bonds is 3. The van der Waals surface area contributed by atoms with E-state index in [2.05, 4.69) is 15.9 Å². The molecule has 0 amide bonds. The maximum Gasteiger partial charge on any atom is 0.311 e. The van der Waals surface area contributed by atoms with Crippen LogP contribution in [0.4, 0.5) is 10.1 Å². The Labute approximate surface area is 127 Å². The number of aryl methyl sites for hydroxylation is 1. The highest BCUT2D eigenvalue weighted by molar-refractivity contribution is 9.10. The first-order chi connectivity index (χ1) is 9.93. The molecule has 21 heavy (non-hydrogen) atoms. The summed E-state index contributed by atoms with van der Waals surface area (Å²) in [6, 6.07) is 8.79. The molecule has 0 saturated carbocycles. The number of nitro groups is 1. The maximum absolute atomic E-state index is 14.1. The summed E-state index contributed by atoms with van der Waals surface area (Å²) in [4.78, 5) is 10.4. The summed E-state index contributed by atoms with van der Waals surface area (Å²) < 4.78 is 19.3. The molecule has 0 aromatic heterocycles.